The van der Waals surface area contributed by atoms with Crippen LogP contribution in [0.1, 0.15) is 56.0 Å². The molecule has 24 heavy (non-hydrogen) atoms. The van der Waals surface area contributed by atoms with Crippen molar-refractivity contribution >= 4 is 11.6 Å². The molecule has 0 bridgehead atoms. The maximum Gasteiger partial charge on any atom is 0.276 e. The lowest BCUT2D eigenvalue weighted by molar-refractivity contribution is 0.102. The molecule has 1 saturated heterocycles. The molecule has 1 atom stereocenters. The molecule has 7 heteroatoms. The lowest BCUT2D eigenvalue weighted by Gasteiger charge is -2.22. The number of anilines is 1. The molecule has 1 aliphatic heterocycles. The van der Waals surface area contributed by atoms with Crippen molar-refractivity contribution in [2.75, 3.05) is 18.4 Å². The summed E-state index contributed by atoms with van der Waals surface area (Å²) in [6.45, 7) is 8.09. The van der Waals surface area contributed by atoms with Gasteiger partial charge in [-0.1, -0.05) is 20.8 Å². The maximum absolute atomic E-state index is 12.3. The summed E-state index contributed by atoms with van der Waals surface area (Å²) >= 11 is 0. The molecule has 0 aromatic carbocycles. The van der Waals surface area contributed by atoms with Crippen LogP contribution in [0.2, 0.25) is 0 Å². The van der Waals surface area contributed by atoms with Crippen LogP contribution in [-0.4, -0.2) is 38.7 Å². The number of amides is 1. The Morgan fingerprint density at radius 1 is 1.33 bits per heavy atom. The van der Waals surface area contributed by atoms with Crippen molar-refractivity contribution in [2.45, 2.75) is 45.1 Å². The molecule has 2 N–H and O–H groups in total. The first-order chi connectivity index (χ1) is 11.4. The zero-order chi connectivity index (χ0) is 17.2. The summed E-state index contributed by atoms with van der Waals surface area (Å²) < 4.78 is 1.88. The van der Waals surface area contributed by atoms with Crippen molar-refractivity contribution in [1.29, 1.82) is 0 Å². The molecule has 0 saturated carbocycles. The van der Waals surface area contributed by atoms with Gasteiger partial charge in [0.25, 0.3) is 5.91 Å². The van der Waals surface area contributed by atoms with Gasteiger partial charge in [0.05, 0.1) is 24.1 Å². The number of hydrogen-bond donors (Lipinski definition) is 2. The van der Waals surface area contributed by atoms with Crippen molar-refractivity contribution in [3.05, 3.63) is 36.2 Å². The van der Waals surface area contributed by atoms with E-state index in [9.17, 15) is 4.79 Å². The number of piperidine rings is 1. The van der Waals surface area contributed by atoms with Crippen LogP contribution in [0.15, 0.2) is 24.7 Å². The minimum absolute atomic E-state index is 0.116. The Hall–Kier alpha value is -2.28. The van der Waals surface area contributed by atoms with Crippen LogP contribution in [0.3, 0.4) is 0 Å². The molecule has 2 aromatic heterocycles. The van der Waals surface area contributed by atoms with E-state index in [4.69, 9.17) is 0 Å². The fourth-order valence-corrected chi connectivity index (χ4v) is 2.70. The second kappa shape index (κ2) is 6.68. The molecular formula is C17H24N6O. The molecule has 0 aliphatic carbocycles. The summed E-state index contributed by atoms with van der Waals surface area (Å²) in [5.74, 6) is 0.499. The third kappa shape index (κ3) is 3.79. The topological polar surface area (TPSA) is 84.7 Å². The number of carbonyl (C=O) groups is 1. The molecule has 0 radical (unpaired) electrons. The van der Waals surface area contributed by atoms with Gasteiger partial charge >= 0.3 is 0 Å². The predicted molar refractivity (Wildman–Crippen MR) is 92.1 cm³/mol. The van der Waals surface area contributed by atoms with E-state index >= 15 is 0 Å². The monoisotopic (exact) mass is 328 g/mol. The summed E-state index contributed by atoms with van der Waals surface area (Å²) in [6, 6.07) is 2.06. The summed E-state index contributed by atoms with van der Waals surface area (Å²) in [5, 5.41) is 10.6. The second-order valence-electron chi connectivity index (χ2n) is 7.18. The predicted octanol–water partition coefficient (Wildman–Crippen LogP) is 2.15. The van der Waals surface area contributed by atoms with Gasteiger partial charge in [-0.05, 0) is 25.5 Å². The molecule has 1 fully saturated rings. The highest BCUT2D eigenvalue weighted by Gasteiger charge is 2.19. The molecule has 7 nitrogen and oxygen atoms in total. The maximum atomic E-state index is 12.3. The van der Waals surface area contributed by atoms with Crippen molar-refractivity contribution in [2.24, 2.45) is 0 Å². The minimum Gasteiger partial charge on any atom is -0.318 e. The van der Waals surface area contributed by atoms with Gasteiger partial charge in [0.15, 0.2) is 5.69 Å². The first-order valence-electron chi connectivity index (χ1n) is 8.33. The molecule has 1 aliphatic rings. The Morgan fingerprint density at radius 3 is 2.71 bits per heavy atom. The van der Waals surface area contributed by atoms with Crippen molar-refractivity contribution < 1.29 is 4.79 Å². The Morgan fingerprint density at radius 2 is 2.08 bits per heavy atom. The van der Waals surface area contributed by atoms with Crippen LogP contribution in [-0.2, 0) is 5.41 Å². The van der Waals surface area contributed by atoms with Crippen molar-refractivity contribution in [3.63, 3.8) is 0 Å². The SMILES string of the molecule is CC(C)(C)c1ncc(NC(=O)c2ccn(C3CCCNC3)n2)cn1. The normalized spacial score (nSPS) is 18.4. The fourth-order valence-electron chi connectivity index (χ4n) is 2.70. The van der Waals surface area contributed by atoms with Crippen LogP contribution >= 0.6 is 0 Å². The van der Waals surface area contributed by atoms with Crippen LogP contribution in [0.5, 0.6) is 0 Å². The van der Waals surface area contributed by atoms with Gasteiger partial charge in [0, 0.05) is 18.2 Å². The van der Waals surface area contributed by atoms with Crippen molar-refractivity contribution in [1.82, 2.24) is 25.1 Å². The summed E-state index contributed by atoms with van der Waals surface area (Å²) in [4.78, 5) is 21.0. The van der Waals surface area contributed by atoms with E-state index in [-0.39, 0.29) is 11.3 Å². The molecule has 0 spiro atoms. The molecular weight excluding hydrogens is 304 g/mol. The first-order valence-corrected chi connectivity index (χ1v) is 8.33. The number of carbonyl (C=O) groups excluding carboxylic acids is 1. The minimum atomic E-state index is -0.246. The van der Waals surface area contributed by atoms with Crippen LogP contribution in [0, 0.1) is 0 Å². The number of hydrogen-bond acceptors (Lipinski definition) is 5. The quantitative estimate of drug-likeness (QED) is 0.902. The molecule has 3 rings (SSSR count). The van der Waals surface area contributed by atoms with Gasteiger partial charge in [0.2, 0.25) is 0 Å². The number of nitrogens with zero attached hydrogens (tertiary/aromatic N) is 4. The molecule has 3 heterocycles. The highest BCUT2D eigenvalue weighted by atomic mass is 16.2. The molecule has 2 aromatic rings. The van der Waals surface area contributed by atoms with E-state index in [0.29, 0.717) is 17.4 Å². The smallest absolute Gasteiger partial charge is 0.276 e. The van der Waals surface area contributed by atoms with E-state index in [1.807, 2.05) is 31.6 Å². The lowest BCUT2D eigenvalue weighted by Crippen LogP contribution is -2.32. The summed E-state index contributed by atoms with van der Waals surface area (Å²) in [7, 11) is 0. The Balaban J connectivity index is 1.65. The number of aromatic nitrogens is 4. The summed E-state index contributed by atoms with van der Waals surface area (Å²) in [5.41, 5.74) is 0.859. The third-order valence-corrected chi connectivity index (χ3v) is 4.07. The number of nitrogens with one attached hydrogen (secondary N) is 2. The zero-order valence-corrected chi connectivity index (χ0v) is 14.4. The van der Waals surface area contributed by atoms with Crippen molar-refractivity contribution in [3.8, 4) is 0 Å². The second-order valence-corrected chi connectivity index (χ2v) is 7.18. The molecule has 1 amide bonds. The Labute approximate surface area is 141 Å². The van der Waals surface area contributed by atoms with Gasteiger partial charge in [0.1, 0.15) is 5.82 Å². The van der Waals surface area contributed by atoms with E-state index in [0.717, 1.165) is 31.8 Å². The van der Waals surface area contributed by atoms with Crippen LogP contribution < -0.4 is 10.6 Å². The Bertz CT molecular complexity index is 695. The van der Waals surface area contributed by atoms with Gasteiger partial charge in [-0.2, -0.15) is 5.10 Å². The summed E-state index contributed by atoms with van der Waals surface area (Å²) in [6.07, 6.45) is 7.34. The highest BCUT2D eigenvalue weighted by Crippen LogP contribution is 2.19. The van der Waals surface area contributed by atoms with E-state index in [2.05, 4.69) is 25.7 Å². The zero-order valence-electron chi connectivity index (χ0n) is 14.4. The molecule has 1 unspecified atom stereocenters. The average Bonchev–Trinajstić information content (AvgIpc) is 3.05. The largest absolute Gasteiger partial charge is 0.318 e. The van der Waals surface area contributed by atoms with Gasteiger partial charge < -0.3 is 10.6 Å². The standard InChI is InChI=1S/C17H24N6O/c1-17(2,3)16-19-9-12(10-20-16)21-15(24)14-6-8-23(22-14)13-5-4-7-18-11-13/h6,8-10,13,18H,4-5,7,11H2,1-3H3,(H,21,24). The average molecular weight is 328 g/mol. The fraction of sp³-hybridized carbons (Fsp3) is 0.529. The lowest BCUT2D eigenvalue weighted by atomic mass is 9.96. The van der Waals surface area contributed by atoms with Gasteiger partial charge in [-0.25, -0.2) is 9.97 Å². The van der Waals surface area contributed by atoms with Crippen LogP contribution in [0.4, 0.5) is 5.69 Å². The van der Waals surface area contributed by atoms with E-state index < -0.39 is 0 Å². The third-order valence-electron chi connectivity index (χ3n) is 4.07. The van der Waals surface area contributed by atoms with E-state index in [1.165, 1.54) is 0 Å². The number of rotatable bonds is 3. The highest BCUT2D eigenvalue weighted by molar-refractivity contribution is 6.02. The molecule has 128 valence electrons. The van der Waals surface area contributed by atoms with Gasteiger partial charge in [-0.3, -0.25) is 9.48 Å². The Kier molecular flexibility index (Phi) is 4.62. The first kappa shape index (κ1) is 16.6. The van der Waals surface area contributed by atoms with E-state index in [1.54, 1.807) is 18.5 Å². The van der Waals surface area contributed by atoms with Crippen LogP contribution in [0.25, 0.3) is 0 Å². The van der Waals surface area contributed by atoms with Gasteiger partial charge in [-0.15, -0.1) is 0 Å².